The summed E-state index contributed by atoms with van der Waals surface area (Å²) in [5, 5.41) is 2.92. The van der Waals surface area contributed by atoms with Gasteiger partial charge >= 0.3 is 0 Å². The Morgan fingerprint density at radius 2 is 1.85 bits per heavy atom. The van der Waals surface area contributed by atoms with Crippen LogP contribution in [-0.2, 0) is 21.5 Å². The molecule has 2 aromatic rings. The number of methoxy groups -OCH3 is 1. The van der Waals surface area contributed by atoms with Crippen molar-refractivity contribution in [1.29, 1.82) is 0 Å². The Balaban J connectivity index is 2.24. The van der Waals surface area contributed by atoms with Crippen LogP contribution in [0.15, 0.2) is 46.9 Å². The van der Waals surface area contributed by atoms with Gasteiger partial charge in [-0.2, -0.15) is 0 Å². The van der Waals surface area contributed by atoms with E-state index in [0.717, 1.165) is 22.0 Å². The van der Waals surface area contributed by atoms with E-state index in [0.29, 0.717) is 24.5 Å². The summed E-state index contributed by atoms with van der Waals surface area (Å²) in [6.07, 6.45) is 1.32. The fourth-order valence-corrected chi connectivity index (χ4v) is 4.05. The van der Waals surface area contributed by atoms with Gasteiger partial charge in [-0.25, -0.2) is 0 Å². The molecule has 2 rings (SSSR count). The Labute approximate surface area is 212 Å². The summed E-state index contributed by atoms with van der Waals surface area (Å²) >= 11 is 3.56. The van der Waals surface area contributed by atoms with E-state index in [1.165, 1.54) is 0 Å². The van der Waals surface area contributed by atoms with Crippen molar-refractivity contribution < 1.29 is 19.1 Å². The number of ether oxygens (including phenoxy) is 2. The van der Waals surface area contributed by atoms with Crippen molar-refractivity contribution in [2.75, 3.05) is 20.3 Å². The molecule has 1 N–H and O–H groups in total. The van der Waals surface area contributed by atoms with E-state index >= 15 is 0 Å². The zero-order chi connectivity index (χ0) is 25.3. The van der Waals surface area contributed by atoms with E-state index in [2.05, 4.69) is 42.0 Å². The van der Waals surface area contributed by atoms with Gasteiger partial charge in [0.25, 0.3) is 5.91 Å². The van der Waals surface area contributed by atoms with Crippen LogP contribution in [0.5, 0.6) is 11.5 Å². The molecule has 0 aliphatic rings. The Morgan fingerprint density at radius 1 is 1.12 bits per heavy atom. The lowest BCUT2D eigenvalue weighted by molar-refractivity contribution is -0.143. The second kappa shape index (κ2) is 12.8. The molecular formula is C27H37BrN2O4. The molecule has 7 heteroatoms. The van der Waals surface area contributed by atoms with Crippen LogP contribution in [-0.4, -0.2) is 43.0 Å². The summed E-state index contributed by atoms with van der Waals surface area (Å²) in [5.74, 6) is 0.878. The molecule has 6 nitrogen and oxygen atoms in total. The Kier molecular flexibility index (Phi) is 10.4. The molecule has 0 heterocycles. The van der Waals surface area contributed by atoms with Crippen molar-refractivity contribution in [3.8, 4) is 11.5 Å². The first-order valence-electron chi connectivity index (χ1n) is 11.7. The molecule has 0 aliphatic carbocycles. The van der Waals surface area contributed by atoms with Crippen LogP contribution in [0.25, 0.3) is 0 Å². The number of hydrogen-bond donors (Lipinski definition) is 1. The SMILES string of the molecule is CCCNC(=O)C(CC)N(Cc1cccc(OC)c1)C(=O)COc1ccc(C(C)(C)C)cc1Br. The molecule has 2 amide bonds. The van der Waals surface area contributed by atoms with Crippen LogP contribution in [0, 0.1) is 0 Å². The summed E-state index contributed by atoms with van der Waals surface area (Å²) < 4.78 is 12.0. The molecule has 0 aromatic heterocycles. The summed E-state index contributed by atoms with van der Waals surface area (Å²) in [6, 6.07) is 12.8. The third-order valence-corrected chi connectivity index (χ3v) is 6.19. The molecule has 0 radical (unpaired) electrons. The number of benzene rings is 2. The second-order valence-corrected chi connectivity index (χ2v) is 10.1. The van der Waals surface area contributed by atoms with E-state index < -0.39 is 6.04 Å². The van der Waals surface area contributed by atoms with Crippen molar-refractivity contribution in [2.45, 2.75) is 65.5 Å². The summed E-state index contributed by atoms with van der Waals surface area (Å²) in [7, 11) is 1.60. The van der Waals surface area contributed by atoms with Gasteiger partial charge in [0.15, 0.2) is 6.61 Å². The number of nitrogens with zero attached hydrogens (tertiary/aromatic N) is 1. The molecule has 0 fully saturated rings. The van der Waals surface area contributed by atoms with Crippen LogP contribution in [0.3, 0.4) is 0 Å². The molecule has 34 heavy (non-hydrogen) atoms. The number of rotatable bonds is 11. The fraction of sp³-hybridized carbons (Fsp3) is 0.481. The minimum atomic E-state index is -0.597. The van der Waals surface area contributed by atoms with Crippen molar-refractivity contribution in [2.24, 2.45) is 0 Å². The van der Waals surface area contributed by atoms with Gasteiger partial charge in [0.05, 0.1) is 11.6 Å². The van der Waals surface area contributed by atoms with Gasteiger partial charge in [-0.3, -0.25) is 9.59 Å². The number of hydrogen-bond acceptors (Lipinski definition) is 4. The van der Waals surface area contributed by atoms with Gasteiger partial charge in [-0.1, -0.05) is 52.8 Å². The van der Waals surface area contributed by atoms with Crippen LogP contribution in [0.1, 0.15) is 58.6 Å². The van der Waals surface area contributed by atoms with Crippen LogP contribution in [0.2, 0.25) is 0 Å². The topological polar surface area (TPSA) is 67.9 Å². The highest BCUT2D eigenvalue weighted by molar-refractivity contribution is 9.10. The molecule has 186 valence electrons. The molecule has 0 saturated heterocycles. The predicted molar refractivity (Wildman–Crippen MR) is 139 cm³/mol. The van der Waals surface area contributed by atoms with Crippen LogP contribution < -0.4 is 14.8 Å². The highest BCUT2D eigenvalue weighted by Crippen LogP contribution is 2.31. The van der Waals surface area contributed by atoms with E-state index in [-0.39, 0.29) is 30.4 Å². The Morgan fingerprint density at radius 3 is 2.44 bits per heavy atom. The molecule has 1 atom stereocenters. The minimum absolute atomic E-state index is 0.00457. The highest BCUT2D eigenvalue weighted by Gasteiger charge is 2.29. The third-order valence-electron chi connectivity index (χ3n) is 5.57. The van der Waals surface area contributed by atoms with E-state index in [1.807, 2.05) is 56.3 Å². The first-order chi connectivity index (χ1) is 16.1. The number of amides is 2. The second-order valence-electron chi connectivity index (χ2n) is 9.27. The molecule has 0 spiro atoms. The van der Waals surface area contributed by atoms with Gasteiger partial charge < -0.3 is 19.7 Å². The summed E-state index contributed by atoms with van der Waals surface area (Å²) in [5.41, 5.74) is 2.05. The molecule has 0 aliphatic heterocycles. The Bertz CT molecular complexity index is 971. The van der Waals surface area contributed by atoms with E-state index in [1.54, 1.807) is 12.0 Å². The largest absolute Gasteiger partial charge is 0.497 e. The average Bonchev–Trinajstić information content (AvgIpc) is 2.81. The lowest BCUT2D eigenvalue weighted by atomic mass is 9.87. The summed E-state index contributed by atoms with van der Waals surface area (Å²) in [6.45, 7) is 11.0. The van der Waals surface area contributed by atoms with Crippen molar-refractivity contribution in [1.82, 2.24) is 10.2 Å². The zero-order valence-corrected chi connectivity index (χ0v) is 22.7. The maximum absolute atomic E-state index is 13.4. The van der Waals surface area contributed by atoms with Crippen molar-refractivity contribution in [3.63, 3.8) is 0 Å². The van der Waals surface area contributed by atoms with Crippen molar-refractivity contribution in [3.05, 3.63) is 58.1 Å². The summed E-state index contributed by atoms with van der Waals surface area (Å²) in [4.78, 5) is 27.8. The molecule has 2 aromatic carbocycles. The molecule has 0 saturated carbocycles. The van der Waals surface area contributed by atoms with E-state index in [4.69, 9.17) is 9.47 Å². The van der Waals surface area contributed by atoms with Gasteiger partial charge in [0.1, 0.15) is 17.5 Å². The maximum atomic E-state index is 13.4. The fourth-order valence-electron chi connectivity index (χ4n) is 3.56. The zero-order valence-electron chi connectivity index (χ0n) is 21.1. The first-order valence-corrected chi connectivity index (χ1v) is 12.5. The van der Waals surface area contributed by atoms with Gasteiger partial charge in [-0.05, 0) is 69.6 Å². The number of nitrogens with one attached hydrogen (secondary N) is 1. The van der Waals surface area contributed by atoms with Crippen LogP contribution >= 0.6 is 15.9 Å². The maximum Gasteiger partial charge on any atom is 0.261 e. The van der Waals surface area contributed by atoms with Crippen molar-refractivity contribution >= 4 is 27.7 Å². The molecule has 1 unspecified atom stereocenters. The van der Waals surface area contributed by atoms with Gasteiger partial charge in [0.2, 0.25) is 5.91 Å². The molecule has 0 bridgehead atoms. The van der Waals surface area contributed by atoms with Gasteiger partial charge in [0, 0.05) is 13.1 Å². The normalized spacial score (nSPS) is 12.1. The smallest absolute Gasteiger partial charge is 0.261 e. The minimum Gasteiger partial charge on any atom is -0.497 e. The lowest BCUT2D eigenvalue weighted by Gasteiger charge is -2.30. The number of halogens is 1. The lowest BCUT2D eigenvalue weighted by Crippen LogP contribution is -2.50. The third kappa shape index (κ3) is 7.76. The number of carbonyl (C=O) groups excluding carboxylic acids is 2. The first kappa shape index (κ1) is 27.7. The monoisotopic (exact) mass is 532 g/mol. The quantitative estimate of drug-likeness (QED) is 0.416. The number of carbonyl (C=O) groups is 2. The average molecular weight is 534 g/mol. The van der Waals surface area contributed by atoms with Crippen LogP contribution in [0.4, 0.5) is 0 Å². The predicted octanol–water partition coefficient (Wildman–Crippen LogP) is 5.47. The Hall–Kier alpha value is -2.54. The molecular weight excluding hydrogens is 496 g/mol. The highest BCUT2D eigenvalue weighted by atomic mass is 79.9. The van der Waals surface area contributed by atoms with Gasteiger partial charge in [-0.15, -0.1) is 0 Å². The van der Waals surface area contributed by atoms with E-state index in [9.17, 15) is 9.59 Å². The standard InChI is InChI=1S/C27H37BrN2O4/c1-7-14-29-26(32)23(8-2)30(17-19-10-9-11-21(15-19)33-6)25(31)18-34-24-13-12-20(16-22(24)28)27(3,4)5/h9-13,15-16,23H,7-8,14,17-18H2,1-6H3,(H,29,32).